The quantitative estimate of drug-likeness (QED) is 0.602. The van der Waals surface area contributed by atoms with Gasteiger partial charge in [-0.2, -0.15) is 0 Å². The van der Waals surface area contributed by atoms with E-state index < -0.39 is 11.9 Å². The number of rotatable bonds is 6. The van der Waals surface area contributed by atoms with E-state index in [1.165, 1.54) is 0 Å². The third-order valence-corrected chi connectivity index (χ3v) is 4.07. The van der Waals surface area contributed by atoms with Crippen LogP contribution >= 0.6 is 0 Å². The Balaban J connectivity index is 1.59. The zero-order chi connectivity index (χ0) is 18.5. The summed E-state index contributed by atoms with van der Waals surface area (Å²) in [6.45, 7) is 0. The van der Waals surface area contributed by atoms with E-state index in [0.717, 1.165) is 10.5 Å². The Labute approximate surface area is 150 Å². The lowest BCUT2D eigenvalue weighted by atomic mass is 10.1. The first-order valence-electron chi connectivity index (χ1n) is 8.17. The van der Waals surface area contributed by atoms with Crippen molar-refractivity contribution >= 4 is 23.4 Å². The average molecular weight is 353 g/mol. The molecule has 1 heterocycles. The molecule has 3 amide bonds. The van der Waals surface area contributed by atoms with Crippen LogP contribution in [0, 0.1) is 0 Å². The largest absolute Gasteiger partial charge is 0.497 e. The number of imide groups is 1. The molecule has 2 aromatic rings. The molecular formula is C19H19N3O4. The SMILES string of the molecule is COc1ccc(N2C(=O)C[C@H](NNC(=O)Cc3ccccc3)C2=O)cc1. The van der Waals surface area contributed by atoms with E-state index in [2.05, 4.69) is 10.9 Å². The molecule has 7 nitrogen and oxygen atoms in total. The van der Waals surface area contributed by atoms with Crippen molar-refractivity contribution in [1.82, 2.24) is 10.9 Å². The van der Waals surface area contributed by atoms with Crippen molar-refractivity contribution in [3.63, 3.8) is 0 Å². The molecule has 3 rings (SSSR count). The fraction of sp³-hybridized carbons (Fsp3) is 0.211. The standard InChI is InChI=1S/C19H19N3O4/c1-26-15-9-7-14(8-10-15)22-18(24)12-16(19(22)25)20-21-17(23)11-13-5-3-2-4-6-13/h2-10,16,20H,11-12H2,1H3,(H,21,23)/t16-/m0/s1. The highest BCUT2D eigenvalue weighted by Crippen LogP contribution is 2.24. The number of ether oxygens (including phenoxy) is 1. The molecule has 0 aromatic heterocycles. The van der Waals surface area contributed by atoms with Crippen molar-refractivity contribution in [1.29, 1.82) is 0 Å². The number of anilines is 1. The number of hydrazine groups is 1. The van der Waals surface area contributed by atoms with Crippen LogP contribution in [0.15, 0.2) is 54.6 Å². The van der Waals surface area contributed by atoms with Gasteiger partial charge in [0.05, 0.1) is 25.6 Å². The van der Waals surface area contributed by atoms with E-state index in [1.807, 2.05) is 30.3 Å². The van der Waals surface area contributed by atoms with Gasteiger partial charge in [0.2, 0.25) is 11.8 Å². The van der Waals surface area contributed by atoms with Gasteiger partial charge in [0.25, 0.3) is 5.91 Å². The smallest absolute Gasteiger partial charge is 0.253 e. The van der Waals surface area contributed by atoms with Crippen molar-refractivity contribution in [3.8, 4) is 5.75 Å². The van der Waals surface area contributed by atoms with Crippen LogP contribution in [0.1, 0.15) is 12.0 Å². The molecule has 134 valence electrons. The first-order chi connectivity index (χ1) is 12.6. The molecule has 1 saturated heterocycles. The van der Waals surface area contributed by atoms with Gasteiger partial charge in [-0.1, -0.05) is 30.3 Å². The van der Waals surface area contributed by atoms with Gasteiger partial charge in [0, 0.05) is 0 Å². The molecule has 0 saturated carbocycles. The third kappa shape index (κ3) is 3.89. The van der Waals surface area contributed by atoms with Crippen LogP contribution in [0.5, 0.6) is 5.75 Å². The lowest BCUT2D eigenvalue weighted by molar-refractivity contribution is -0.122. The van der Waals surface area contributed by atoms with Crippen LogP contribution in [-0.2, 0) is 20.8 Å². The number of hydrogen-bond donors (Lipinski definition) is 2. The van der Waals surface area contributed by atoms with Gasteiger partial charge in [0.15, 0.2) is 0 Å². The van der Waals surface area contributed by atoms with E-state index in [-0.39, 0.29) is 24.7 Å². The van der Waals surface area contributed by atoms with Crippen LogP contribution in [-0.4, -0.2) is 30.9 Å². The first kappa shape index (κ1) is 17.6. The van der Waals surface area contributed by atoms with Crippen LogP contribution in [0.2, 0.25) is 0 Å². The summed E-state index contributed by atoms with van der Waals surface area (Å²) in [5.41, 5.74) is 6.51. The molecule has 1 aliphatic rings. The van der Waals surface area contributed by atoms with Crippen LogP contribution in [0.25, 0.3) is 0 Å². The molecule has 1 aliphatic heterocycles. The first-order valence-corrected chi connectivity index (χ1v) is 8.17. The predicted octanol–water partition coefficient (Wildman–Crippen LogP) is 1.19. The third-order valence-electron chi connectivity index (χ3n) is 4.07. The maximum absolute atomic E-state index is 12.5. The number of carbonyl (C=O) groups excluding carboxylic acids is 3. The molecule has 0 unspecified atom stereocenters. The van der Waals surface area contributed by atoms with Gasteiger partial charge < -0.3 is 4.74 Å². The minimum Gasteiger partial charge on any atom is -0.497 e. The highest BCUT2D eigenvalue weighted by molar-refractivity contribution is 6.22. The second-order valence-electron chi connectivity index (χ2n) is 5.88. The maximum atomic E-state index is 12.5. The zero-order valence-electron chi connectivity index (χ0n) is 14.3. The lowest BCUT2D eigenvalue weighted by Gasteiger charge is -2.16. The minimum atomic E-state index is -0.788. The van der Waals surface area contributed by atoms with Crippen LogP contribution in [0.3, 0.4) is 0 Å². The summed E-state index contributed by atoms with van der Waals surface area (Å²) in [7, 11) is 1.54. The van der Waals surface area contributed by atoms with E-state index in [0.29, 0.717) is 11.4 Å². The number of methoxy groups -OCH3 is 1. The van der Waals surface area contributed by atoms with Crippen molar-refractivity contribution in [3.05, 3.63) is 60.2 Å². The molecule has 7 heteroatoms. The van der Waals surface area contributed by atoms with Crippen LogP contribution in [0.4, 0.5) is 5.69 Å². The molecule has 0 bridgehead atoms. The molecule has 1 atom stereocenters. The normalized spacial score (nSPS) is 16.7. The van der Waals surface area contributed by atoms with Crippen molar-refractivity contribution in [2.45, 2.75) is 18.9 Å². The van der Waals surface area contributed by atoms with Crippen molar-refractivity contribution in [2.24, 2.45) is 0 Å². The van der Waals surface area contributed by atoms with Gasteiger partial charge in [0.1, 0.15) is 11.8 Å². The summed E-state index contributed by atoms with van der Waals surface area (Å²) in [4.78, 5) is 37.8. The topological polar surface area (TPSA) is 87.7 Å². The predicted molar refractivity (Wildman–Crippen MR) is 95.3 cm³/mol. The second-order valence-corrected chi connectivity index (χ2v) is 5.88. The lowest BCUT2D eigenvalue weighted by Crippen LogP contribution is -2.48. The zero-order valence-corrected chi connectivity index (χ0v) is 14.3. The number of nitrogens with zero attached hydrogens (tertiary/aromatic N) is 1. The molecule has 0 radical (unpaired) electrons. The Kier molecular flexibility index (Phi) is 5.28. The fourth-order valence-corrected chi connectivity index (χ4v) is 2.74. The summed E-state index contributed by atoms with van der Waals surface area (Å²) in [6, 6.07) is 15.1. The Morgan fingerprint density at radius 3 is 2.46 bits per heavy atom. The summed E-state index contributed by atoms with van der Waals surface area (Å²) in [6.07, 6.45) is 0.168. The highest BCUT2D eigenvalue weighted by atomic mass is 16.5. The Bertz CT molecular complexity index is 805. The molecule has 0 spiro atoms. The Morgan fingerprint density at radius 2 is 1.81 bits per heavy atom. The molecule has 0 aliphatic carbocycles. The summed E-state index contributed by atoms with van der Waals surface area (Å²) < 4.78 is 5.07. The number of carbonyl (C=O) groups is 3. The number of nitrogens with one attached hydrogen (secondary N) is 2. The molecule has 26 heavy (non-hydrogen) atoms. The summed E-state index contributed by atoms with van der Waals surface area (Å²) in [5, 5.41) is 0. The van der Waals surface area contributed by atoms with Gasteiger partial charge in [-0.25, -0.2) is 10.3 Å². The number of amides is 3. The second kappa shape index (κ2) is 7.79. The molecular weight excluding hydrogens is 334 g/mol. The van der Waals surface area contributed by atoms with Gasteiger partial charge in [-0.3, -0.25) is 19.8 Å². The van der Waals surface area contributed by atoms with E-state index in [1.54, 1.807) is 31.4 Å². The van der Waals surface area contributed by atoms with E-state index in [9.17, 15) is 14.4 Å². The summed E-state index contributed by atoms with van der Waals surface area (Å²) >= 11 is 0. The minimum absolute atomic E-state index is 0.0174. The molecule has 1 fully saturated rings. The Hall–Kier alpha value is -3.19. The van der Waals surface area contributed by atoms with Gasteiger partial charge >= 0.3 is 0 Å². The maximum Gasteiger partial charge on any atom is 0.253 e. The number of benzene rings is 2. The molecule has 2 aromatic carbocycles. The fourth-order valence-electron chi connectivity index (χ4n) is 2.74. The van der Waals surface area contributed by atoms with E-state index >= 15 is 0 Å². The molecule has 2 N–H and O–H groups in total. The average Bonchev–Trinajstić information content (AvgIpc) is 2.94. The van der Waals surface area contributed by atoms with Crippen molar-refractivity contribution in [2.75, 3.05) is 12.0 Å². The monoisotopic (exact) mass is 353 g/mol. The highest BCUT2D eigenvalue weighted by Gasteiger charge is 2.39. The van der Waals surface area contributed by atoms with Gasteiger partial charge in [-0.15, -0.1) is 0 Å². The van der Waals surface area contributed by atoms with Gasteiger partial charge in [-0.05, 0) is 29.8 Å². The summed E-state index contributed by atoms with van der Waals surface area (Å²) in [5.74, 6) is -0.370. The van der Waals surface area contributed by atoms with Crippen molar-refractivity contribution < 1.29 is 19.1 Å². The number of hydrogen-bond acceptors (Lipinski definition) is 5. The van der Waals surface area contributed by atoms with E-state index in [4.69, 9.17) is 4.74 Å². The Morgan fingerprint density at radius 1 is 1.12 bits per heavy atom. The van der Waals surface area contributed by atoms with Crippen LogP contribution < -0.4 is 20.5 Å².